The van der Waals surface area contributed by atoms with Gasteiger partial charge in [-0.25, -0.2) is 4.98 Å². The van der Waals surface area contributed by atoms with Gasteiger partial charge in [-0.1, -0.05) is 12.1 Å². The fourth-order valence-corrected chi connectivity index (χ4v) is 4.25. The third-order valence-corrected chi connectivity index (χ3v) is 5.63. The molecule has 1 aromatic carbocycles. The minimum Gasteiger partial charge on any atom is -0.395 e. The zero-order chi connectivity index (χ0) is 16.2. The second kappa shape index (κ2) is 7.18. The molecular weight excluding hydrogens is 332 g/mol. The normalized spacial score (nSPS) is 11.0. The number of thiazole rings is 1. The van der Waals surface area contributed by atoms with Gasteiger partial charge >= 0.3 is 0 Å². The molecule has 0 aliphatic rings. The van der Waals surface area contributed by atoms with Crippen LogP contribution in [0, 0.1) is 0 Å². The second-order valence-electron chi connectivity index (χ2n) is 4.89. The molecule has 3 aromatic rings. The predicted octanol–water partition coefficient (Wildman–Crippen LogP) is 2.45. The second-order valence-corrected chi connectivity index (χ2v) is 7.00. The molecule has 0 fully saturated rings. The van der Waals surface area contributed by atoms with Crippen LogP contribution in [0.3, 0.4) is 0 Å². The van der Waals surface area contributed by atoms with Gasteiger partial charge in [0.15, 0.2) is 0 Å². The number of carbonyl (C=O) groups excluding carboxylic acids is 1. The summed E-state index contributed by atoms with van der Waals surface area (Å²) in [5.41, 5.74) is 0.955. The van der Waals surface area contributed by atoms with E-state index in [2.05, 4.69) is 4.98 Å². The Morgan fingerprint density at radius 2 is 1.78 bits per heavy atom. The van der Waals surface area contributed by atoms with Crippen molar-refractivity contribution >= 4 is 38.8 Å². The molecule has 5 nitrogen and oxygen atoms in total. The van der Waals surface area contributed by atoms with Crippen LogP contribution in [0.2, 0.25) is 0 Å². The Hall–Kier alpha value is -1.80. The van der Waals surface area contributed by atoms with Crippen LogP contribution >= 0.6 is 22.7 Å². The van der Waals surface area contributed by atoms with Crippen LogP contribution in [-0.4, -0.2) is 52.3 Å². The molecule has 0 bridgehead atoms. The van der Waals surface area contributed by atoms with Crippen LogP contribution in [0.4, 0.5) is 0 Å². The van der Waals surface area contributed by atoms with Crippen molar-refractivity contribution in [1.29, 1.82) is 0 Å². The van der Waals surface area contributed by atoms with E-state index in [9.17, 15) is 4.79 Å². The number of aliphatic hydroxyl groups is 2. The molecule has 7 heteroatoms. The fraction of sp³-hybridized carbons (Fsp3) is 0.250. The lowest BCUT2D eigenvalue weighted by Crippen LogP contribution is -2.35. The lowest BCUT2D eigenvalue weighted by Gasteiger charge is -2.19. The highest BCUT2D eigenvalue weighted by atomic mass is 32.1. The lowest BCUT2D eigenvalue weighted by molar-refractivity contribution is 0.0689. The van der Waals surface area contributed by atoms with Crippen LogP contribution in [0.5, 0.6) is 0 Å². The fourth-order valence-electron chi connectivity index (χ4n) is 2.26. The first-order chi connectivity index (χ1) is 11.2. The predicted molar refractivity (Wildman–Crippen MR) is 93.0 cm³/mol. The molecule has 2 heterocycles. The first-order valence-electron chi connectivity index (χ1n) is 7.19. The van der Waals surface area contributed by atoms with Crippen molar-refractivity contribution in [2.45, 2.75) is 0 Å². The Kier molecular flexibility index (Phi) is 5.02. The minimum absolute atomic E-state index is 0.123. The zero-order valence-corrected chi connectivity index (χ0v) is 13.9. The highest BCUT2D eigenvalue weighted by molar-refractivity contribution is 7.26. The lowest BCUT2D eigenvalue weighted by atomic mass is 10.3. The maximum Gasteiger partial charge on any atom is 0.264 e. The molecule has 2 N–H and O–H groups in total. The zero-order valence-electron chi connectivity index (χ0n) is 12.3. The van der Waals surface area contributed by atoms with Crippen LogP contribution in [0.25, 0.3) is 20.1 Å². The smallest absolute Gasteiger partial charge is 0.264 e. The molecule has 0 aliphatic carbocycles. The Balaban J connectivity index is 1.85. The Morgan fingerprint density at radius 1 is 1.04 bits per heavy atom. The molecule has 0 aliphatic heterocycles. The Bertz CT molecular complexity index is 773. The number of nitrogens with zero attached hydrogens (tertiary/aromatic N) is 2. The number of hydrogen-bond donors (Lipinski definition) is 2. The van der Waals surface area contributed by atoms with Crippen LogP contribution in [0.1, 0.15) is 9.67 Å². The quantitative estimate of drug-likeness (QED) is 0.718. The van der Waals surface area contributed by atoms with E-state index >= 15 is 0 Å². The molecule has 2 aromatic heterocycles. The molecular formula is C16H16N2O3S2. The van der Waals surface area contributed by atoms with Crippen LogP contribution < -0.4 is 0 Å². The summed E-state index contributed by atoms with van der Waals surface area (Å²) in [6.45, 7) is 0.186. The van der Waals surface area contributed by atoms with E-state index in [0.717, 1.165) is 20.1 Å². The van der Waals surface area contributed by atoms with Crippen LogP contribution in [-0.2, 0) is 0 Å². The van der Waals surface area contributed by atoms with E-state index in [1.54, 1.807) is 17.4 Å². The average Bonchev–Trinajstić information content (AvgIpc) is 3.20. The van der Waals surface area contributed by atoms with Crippen molar-refractivity contribution in [3.05, 3.63) is 41.3 Å². The van der Waals surface area contributed by atoms with E-state index < -0.39 is 0 Å². The monoisotopic (exact) mass is 348 g/mol. The first kappa shape index (κ1) is 16.1. The number of aromatic nitrogens is 1. The van der Waals surface area contributed by atoms with E-state index in [1.165, 1.54) is 16.2 Å². The third-order valence-electron chi connectivity index (χ3n) is 3.35. The van der Waals surface area contributed by atoms with Gasteiger partial charge in [-0.2, -0.15) is 0 Å². The number of carbonyl (C=O) groups is 1. The van der Waals surface area contributed by atoms with Gasteiger partial charge in [0, 0.05) is 13.1 Å². The Labute approximate surface area is 141 Å². The number of aliphatic hydroxyl groups excluding tert-OH is 2. The van der Waals surface area contributed by atoms with E-state index in [4.69, 9.17) is 10.2 Å². The third kappa shape index (κ3) is 3.42. The number of benzene rings is 1. The van der Waals surface area contributed by atoms with Crippen molar-refractivity contribution < 1.29 is 15.0 Å². The number of fused-ring (bicyclic) bond motifs is 1. The van der Waals surface area contributed by atoms with Crippen molar-refractivity contribution in [3.63, 3.8) is 0 Å². The van der Waals surface area contributed by atoms with Gasteiger partial charge in [0.05, 0.1) is 33.2 Å². The minimum atomic E-state index is -0.175. The van der Waals surface area contributed by atoms with Gasteiger partial charge in [0.25, 0.3) is 5.91 Å². The topological polar surface area (TPSA) is 73.7 Å². The van der Waals surface area contributed by atoms with Crippen molar-refractivity contribution in [2.75, 3.05) is 26.3 Å². The van der Waals surface area contributed by atoms with Crippen molar-refractivity contribution in [2.24, 2.45) is 0 Å². The molecule has 0 atom stereocenters. The number of para-hydroxylation sites is 1. The van der Waals surface area contributed by atoms with E-state index in [0.29, 0.717) is 4.88 Å². The van der Waals surface area contributed by atoms with Gasteiger partial charge in [-0.05, 0) is 24.3 Å². The maximum atomic E-state index is 12.4. The molecule has 120 valence electrons. The molecule has 0 radical (unpaired) electrons. The van der Waals surface area contributed by atoms with E-state index in [1.807, 2.05) is 30.3 Å². The summed E-state index contributed by atoms with van der Waals surface area (Å²) in [5, 5.41) is 19.0. The van der Waals surface area contributed by atoms with Gasteiger partial charge in [-0.3, -0.25) is 4.79 Å². The summed E-state index contributed by atoms with van der Waals surface area (Å²) in [7, 11) is 0. The number of thiophene rings is 1. The van der Waals surface area contributed by atoms with Gasteiger partial charge in [0.1, 0.15) is 5.01 Å². The molecule has 3 rings (SSSR count). The van der Waals surface area contributed by atoms with Gasteiger partial charge < -0.3 is 15.1 Å². The van der Waals surface area contributed by atoms with Crippen molar-refractivity contribution in [3.8, 4) is 9.88 Å². The van der Waals surface area contributed by atoms with Gasteiger partial charge in [-0.15, -0.1) is 22.7 Å². The molecule has 0 spiro atoms. The molecule has 0 saturated heterocycles. The van der Waals surface area contributed by atoms with Crippen molar-refractivity contribution in [1.82, 2.24) is 9.88 Å². The molecule has 23 heavy (non-hydrogen) atoms. The van der Waals surface area contributed by atoms with Gasteiger partial charge in [0.2, 0.25) is 0 Å². The highest BCUT2D eigenvalue weighted by Crippen LogP contribution is 2.34. The summed E-state index contributed by atoms with van der Waals surface area (Å²) >= 11 is 2.98. The maximum absolute atomic E-state index is 12.4. The average molecular weight is 348 g/mol. The molecule has 1 amide bonds. The molecule has 0 saturated carbocycles. The number of rotatable bonds is 6. The highest BCUT2D eigenvalue weighted by Gasteiger charge is 2.18. The number of hydrogen-bond acceptors (Lipinski definition) is 6. The largest absolute Gasteiger partial charge is 0.395 e. The SMILES string of the molecule is O=C(c1ccc(-c2nc3ccccc3s2)s1)N(CCO)CCO. The molecule has 0 unspecified atom stereocenters. The summed E-state index contributed by atoms with van der Waals surface area (Å²) in [4.78, 5) is 20.0. The Morgan fingerprint density at radius 3 is 2.48 bits per heavy atom. The summed E-state index contributed by atoms with van der Waals surface area (Å²) in [6, 6.07) is 11.6. The standard InChI is InChI=1S/C16H16N2O3S2/c19-9-7-18(8-10-20)16(21)14-6-5-13(22-14)15-17-11-3-1-2-4-12(11)23-15/h1-6,19-20H,7-10H2. The summed E-state index contributed by atoms with van der Waals surface area (Å²) < 4.78 is 1.12. The van der Waals surface area contributed by atoms with E-state index in [-0.39, 0.29) is 32.2 Å². The number of amides is 1. The summed E-state index contributed by atoms with van der Waals surface area (Å²) in [5.74, 6) is -0.175. The van der Waals surface area contributed by atoms with Crippen LogP contribution in [0.15, 0.2) is 36.4 Å². The summed E-state index contributed by atoms with van der Waals surface area (Å²) in [6.07, 6.45) is 0. The first-order valence-corrected chi connectivity index (χ1v) is 8.83.